The molecule has 0 heterocycles. The van der Waals surface area contributed by atoms with Crippen LogP contribution in [0.4, 0.5) is 0 Å². The number of benzene rings is 1. The van der Waals surface area contributed by atoms with Crippen LogP contribution in [0.25, 0.3) is 0 Å². The summed E-state index contributed by atoms with van der Waals surface area (Å²) in [4.78, 5) is 21.6. The largest absolute Gasteiger partial charge is 0.508 e. The number of carbonyl (C=O) groups excluding carboxylic acids is 1. The smallest absolute Gasteiger partial charge is 0.309 e. The third kappa shape index (κ3) is 8.75. The Morgan fingerprint density at radius 2 is 1.45 bits per heavy atom. The van der Waals surface area contributed by atoms with Crippen molar-refractivity contribution in [3.63, 3.8) is 0 Å². The van der Waals surface area contributed by atoms with E-state index in [9.17, 15) is 19.8 Å². The topological polar surface area (TPSA) is 104 Å². The van der Waals surface area contributed by atoms with Crippen molar-refractivity contribution in [1.82, 2.24) is 0 Å². The van der Waals surface area contributed by atoms with E-state index in [0.29, 0.717) is 25.7 Å². The number of aromatic hydroxyl groups is 2. The molecule has 0 spiro atoms. The first-order chi connectivity index (χ1) is 13.5. The summed E-state index contributed by atoms with van der Waals surface area (Å²) in [6, 6.07) is 3.20. The highest BCUT2D eigenvalue weighted by Gasteiger charge is 2.26. The number of aliphatic carboxylic acids is 1. The molecule has 0 bridgehead atoms. The van der Waals surface area contributed by atoms with E-state index in [1.54, 1.807) is 26.0 Å². The average molecular weight is 409 g/mol. The number of hydrogen-bond donors (Lipinski definition) is 3. The summed E-state index contributed by atoms with van der Waals surface area (Å²) in [7, 11) is 0. The Balaban J connectivity index is 2.52. The van der Waals surface area contributed by atoms with Gasteiger partial charge in [0.1, 0.15) is 17.1 Å². The molecule has 0 amide bonds. The minimum atomic E-state index is -0.783. The summed E-state index contributed by atoms with van der Waals surface area (Å²) in [5.41, 5.74) is 0.234. The highest BCUT2D eigenvalue weighted by atomic mass is 16.5. The van der Waals surface area contributed by atoms with Gasteiger partial charge in [-0.1, -0.05) is 12.8 Å². The normalized spacial score (nSPS) is 12.0. The van der Waals surface area contributed by atoms with Crippen molar-refractivity contribution < 1.29 is 29.6 Å². The fraction of sp³-hybridized carbons (Fsp3) is 0.652. The number of aryl methyl sites for hydroxylation is 2. The first-order valence-corrected chi connectivity index (χ1v) is 10.4. The Bertz CT molecular complexity index is 678. The van der Waals surface area contributed by atoms with Crippen LogP contribution in [0.15, 0.2) is 12.1 Å². The van der Waals surface area contributed by atoms with E-state index in [1.807, 2.05) is 13.8 Å². The molecule has 1 rings (SSSR count). The van der Waals surface area contributed by atoms with Crippen molar-refractivity contribution in [2.24, 2.45) is 5.41 Å². The highest BCUT2D eigenvalue weighted by molar-refractivity contribution is 5.73. The zero-order valence-electron chi connectivity index (χ0n) is 18.2. The number of carboxylic acids is 1. The van der Waals surface area contributed by atoms with Gasteiger partial charge < -0.3 is 20.1 Å². The number of rotatable bonds is 14. The Morgan fingerprint density at radius 1 is 0.931 bits per heavy atom. The molecular weight excluding hydrogens is 372 g/mol. The zero-order chi connectivity index (χ0) is 22.1. The molecule has 3 N–H and O–H groups in total. The maximum absolute atomic E-state index is 11.1. The summed E-state index contributed by atoms with van der Waals surface area (Å²) >= 11 is 0. The Morgan fingerprint density at radius 3 is 1.97 bits per heavy atom. The lowest BCUT2D eigenvalue weighted by Crippen LogP contribution is -2.23. The summed E-state index contributed by atoms with van der Waals surface area (Å²) < 4.78 is 5.04. The number of carbonyl (C=O) groups is 2. The number of unbranched alkanes of at least 4 members (excludes halogenated alkanes) is 3. The van der Waals surface area contributed by atoms with Gasteiger partial charge in [-0.25, -0.2) is 0 Å². The SMILES string of the molecule is CC(C)(CCCCc1cc(O)cc(CCCCCC(C)(C)C(=O)O)c1O)OC=O. The van der Waals surface area contributed by atoms with E-state index in [-0.39, 0.29) is 11.5 Å². The molecule has 0 aromatic heterocycles. The molecule has 6 heteroatoms. The number of carboxylic acid groups (broad SMARTS) is 1. The van der Waals surface area contributed by atoms with Gasteiger partial charge in [-0.15, -0.1) is 0 Å². The predicted molar refractivity (Wildman–Crippen MR) is 112 cm³/mol. The molecule has 0 saturated carbocycles. The fourth-order valence-electron chi connectivity index (χ4n) is 3.34. The average Bonchev–Trinajstić information content (AvgIpc) is 2.61. The van der Waals surface area contributed by atoms with Gasteiger partial charge >= 0.3 is 5.97 Å². The van der Waals surface area contributed by atoms with E-state index in [2.05, 4.69) is 0 Å². The standard InChI is InChI=1S/C23H36O6/c1-22(2,21(27)28)12-8-5-6-10-17-14-19(25)15-18(20(17)26)11-7-9-13-23(3,4)29-16-24/h14-16,25-26H,5-13H2,1-4H3,(H,27,28). The lowest BCUT2D eigenvalue weighted by atomic mass is 9.87. The number of phenols is 2. The molecule has 29 heavy (non-hydrogen) atoms. The van der Waals surface area contributed by atoms with Gasteiger partial charge in [0.25, 0.3) is 6.47 Å². The minimum absolute atomic E-state index is 0.143. The van der Waals surface area contributed by atoms with Gasteiger partial charge in [0, 0.05) is 0 Å². The summed E-state index contributed by atoms with van der Waals surface area (Å²) in [5.74, 6) is -0.407. The Kier molecular flexibility index (Phi) is 9.47. The summed E-state index contributed by atoms with van der Waals surface area (Å²) in [5, 5.41) is 29.7. The van der Waals surface area contributed by atoms with Crippen LogP contribution in [-0.4, -0.2) is 33.4 Å². The third-order valence-corrected chi connectivity index (χ3v) is 5.42. The van der Waals surface area contributed by atoms with Gasteiger partial charge in [-0.3, -0.25) is 9.59 Å². The highest BCUT2D eigenvalue weighted by Crippen LogP contribution is 2.31. The molecule has 164 valence electrons. The number of phenolic OH excluding ortho intramolecular Hbond substituents is 2. The van der Waals surface area contributed by atoms with Crippen LogP contribution in [0, 0.1) is 5.41 Å². The van der Waals surface area contributed by atoms with Crippen molar-refractivity contribution in [3.05, 3.63) is 23.3 Å². The zero-order valence-corrected chi connectivity index (χ0v) is 18.2. The molecule has 1 aromatic carbocycles. The fourth-order valence-corrected chi connectivity index (χ4v) is 3.34. The molecule has 0 unspecified atom stereocenters. The third-order valence-electron chi connectivity index (χ3n) is 5.42. The lowest BCUT2D eigenvalue weighted by molar-refractivity contribution is -0.147. The predicted octanol–water partition coefficient (Wildman–Crippen LogP) is 4.98. The maximum Gasteiger partial charge on any atom is 0.309 e. The van der Waals surface area contributed by atoms with Gasteiger partial charge in [0.05, 0.1) is 5.41 Å². The van der Waals surface area contributed by atoms with Crippen molar-refractivity contribution >= 4 is 12.4 Å². The van der Waals surface area contributed by atoms with E-state index in [4.69, 9.17) is 9.84 Å². The minimum Gasteiger partial charge on any atom is -0.508 e. The number of ether oxygens (including phenoxy) is 1. The Labute approximate surface area is 173 Å². The molecule has 0 radical (unpaired) electrons. The van der Waals surface area contributed by atoms with Crippen LogP contribution in [0.2, 0.25) is 0 Å². The second-order valence-corrected chi connectivity index (χ2v) is 9.04. The monoisotopic (exact) mass is 408 g/mol. The summed E-state index contributed by atoms with van der Waals surface area (Å²) in [6.07, 6.45) is 6.77. The number of hydrogen-bond acceptors (Lipinski definition) is 5. The molecule has 0 aliphatic rings. The first-order valence-electron chi connectivity index (χ1n) is 10.4. The molecule has 0 atom stereocenters. The van der Waals surface area contributed by atoms with Gasteiger partial charge in [-0.2, -0.15) is 0 Å². The van der Waals surface area contributed by atoms with Crippen LogP contribution < -0.4 is 0 Å². The molecule has 0 fully saturated rings. The first kappa shape index (κ1) is 24.8. The van der Waals surface area contributed by atoms with Crippen LogP contribution in [-0.2, 0) is 27.2 Å². The van der Waals surface area contributed by atoms with E-state index >= 15 is 0 Å². The van der Waals surface area contributed by atoms with Crippen LogP contribution >= 0.6 is 0 Å². The van der Waals surface area contributed by atoms with Crippen LogP contribution in [0.5, 0.6) is 11.5 Å². The van der Waals surface area contributed by atoms with Gasteiger partial charge in [0.2, 0.25) is 0 Å². The lowest BCUT2D eigenvalue weighted by Gasteiger charge is -2.22. The molecule has 0 aliphatic heterocycles. The van der Waals surface area contributed by atoms with E-state index in [1.165, 1.54) is 0 Å². The van der Waals surface area contributed by atoms with E-state index < -0.39 is 17.0 Å². The van der Waals surface area contributed by atoms with Gasteiger partial charge in [-0.05, 0) is 95.9 Å². The maximum atomic E-state index is 11.1. The summed E-state index contributed by atoms with van der Waals surface area (Å²) in [6.45, 7) is 7.66. The quantitative estimate of drug-likeness (QED) is 0.228. The van der Waals surface area contributed by atoms with E-state index in [0.717, 1.165) is 49.7 Å². The van der Waals surface area contributed by atoms with Crippen molar-refractivity contribution in [1.29, 1.82) is 0 Å². The van der Waals surface area contributed by atoms with Crippen LogP contribution in [0.3, 0.4) is 0 Å². The molecule has 0 aliphatic carbocycles. The van der Waals surface area contributed by atoms with Crippen LogP contribution in [0.1, 0.15) is 83.8 Å². The second-order valence-electron chi connectivity index (χ2n) is 9.04. The molecule has 1 aromatic rings. The Hall–Kier alpha value is -2.24. The molecular formula is C23H36O6. The molecule has 0 saturated heterocycles. The van der Waals surface area contributed by atoms with Crippen molar-refractivity contribution in [3.8, 4) is 11.5 Å². The van der Waals surface area contributed by atoms with Crippen molar-refractivity contribution in [2.75, 3.05) is 0 Å². The molecule has 6 nitrogen and oxygen atoms in total. The second kappa shape index (κ2) is 11.1. The van der Waals surface area contributed by atoms with Crippen molar-refractivity contribution in [2.45, 2.75) is 91.1 Å². The van der Waals surface area contributed by atoms with Gasteiger partial charge in [0.15, 0.2) is 0 Å².